The maximum absolute atomic E-state index is 5.91. The van der Waals surface area contributed by atoms with Crippen LogP contribution in [0.15, 0.2) is 43.0 Å². The zero-order chi connectivity index (χ0) is 11.3. The first kappa shape index (κ1) is 11.6. The predicted octanol–water partition coefficient (Wildman–Crippen LogP) is 4.06. The van der Waals surface area contributed by atoms with Crippen molar-refractivity contribution < 1.29 is 4.74 Å². The fraction of sp³-hybridized carbons (Fsp3) is 0.286. The second-order valence-corrected chi connectivity index (χ2v) is 3.95. The predicted molar refractivity (Wildman–Crippen MR) is 66.1 cm³/mol. The van der Waals surface area contributed by atoms with Crippen molar-refractivity contribution in [3.8, 4) is 5.75 Å². The van der Waals surface area contributed by atoms with E-state index in [9.17, 15) is 0 Å². The average Bonchev–Trinajstić information content (AvgIpc) is 2.17. The molecule has 1 nitrogen and oxygen atoms in total. The van der Waals surface area contributed by atoms with Gasteiger partial charge in [-0.25, -0.2) is 0 Å². The SMILES string of the molecule is C=Cc1ccccc1OC(C)(C)/C=C\C. The Labute approximate surface area is 92.1 Å². The molecule has 80 valence electrons. The Balaban J connectivity index is 2.93. The highest BCUT2D eigenvalue weighted by molar-refractivity contribution is 5.55. The van der Waals surface area contributed by atoms with Crippen molar-refractivity contribution in [2.24, 2.45) is 0 Å². The molecule has 0 amide bonds. The third-order valence-electron chi connectivity index (χ3n) is 2.08. The molecule has 0 N–H and O–H groups in total. The minimum absolute atomic E-state index is 0.284. The van der Waals surface area contributed by atoms with Crippen molar-refractivity contribution in [1.82, 2.24) is 0 Å². The molecule has 0 aromatic heterocycles. The Bertz CT molecular complexity index is 361. The van der Waals surface area contributed by atoms with E-state index >= 15 is 0 Å². The molecule has 0 radical (unpaired) electrons. The van der Waals surface area contributed by atoms with Crippen molar-refractivity contribution in [3.05, 3.63) is 48.6 Å². The summed E-state index contributed by atoms with van der Waals surface area (Å²) in [7, 11) is 0. The summed E-state index contributed by atoms with van der Waals surface area (Å²) in [5.41, 5.74) is 0.739. The molecule has 0 spiro atoms. The van der Waals surface area contributed by atoms with Gasteiger partial charge in [0.05, 0.1) is 0 Å². The summed E-state index contributed by atoms with van der Waals surface area (Å²) >= 11 is 0. The van der Waals surface area contributed by atoms with Crippen LogP contribution in [0.3, 0.4) is 0 Å². The summed E-state index contributed by atoms with van der Waals surface area (Å²) in [6, 6.07) is 7.90. The first-order chi connectivity index (χ1) is 7.09. The zero-order valence-corrected chi connectivity index (χ0v) is 9.66. The summed E-state index contributed by atoms with van der Waals surface area (Å²) in [6.45, 7) is 9.83. The molecule has 0 saturated heterocycles. The van der Waals surface area contributed by atoms with Crippen LogP contribution in [0, 0.1) is 0 Å². The third-order valence-corrected chi connectivity index (χ3v) is 2.08. The molecule has 15 heavy (non-hydrogen) atoms. The van der Waals surface area contributed by atoms with E-state index in [0.29, 0.717) is 0 Å². The topological polar surface area (TPSA) is 9.23 Å². The van der Waals surface area contributed by atoms with Crippen molar-refractivity contribution in [1.29, 1.82) is 0 Å². The second kappa shape index (κ2) is 4.83. The largest absolute Gasteiger partial charge is 0.483 e. The molecule has 0 heterocycles. The number of rotatable bonds is 4. The highest BCUT2D eigenvalue weighted by atomic mass is 16.5. The minimum atomic E-state index is -0.284. The number of para-hydroxylation sites is 1. The van der Waals surface area contributed by atoms with Gasteiger partial charge in [-0.15, -0.1) is 0 Å². The number of benzene rings is 1. The maximum atomic E-state index is 5.91. The molecule has 0 atom stereocenters. The van der Waals surface area contributed by atoms with Gasteiger partial charge >= 0.3 is 0 Å². The van der Waals surface area contributed by atoms with Crippen LogP contribution in [-0.4, -0.2) is 5.60 Å². The number of hydrogen-bond acceptors (Lipinski definition) is 1. The Kier molecular flexibility index (Phi) is 3.73. The fourth-order valence-electron chi connectivity index (χ4n) is 1.46. The van der Waals surface area contributed by atoms with Gasteiger partial charge in [-0.1, -0.05) is 36.9 Å². The van der Waals surface area contributed by atoms with E-state index in [4.69, 9.17) is 4.74 Å². The second-order valence-electron chi connectivity index (χ2n) is 3.95. The van der Waals surface area contributed by atoms with Crippen LogP contribution in [0.25, 0.3) is 6.08 Å². The lowest BCUT2D eigenvalue weighted by Crippen LogP contribution is -2.25. The molecule has 1 heteroatoms. The quantitative estimate of drug-likeness (QED) is 0.669. The van der Waals surface area contributed by atoms with Gasteiger partial charge in [-0.2, -0.15) is 0 Å². The number of hydrogen-bond donors (Lipinski definition) is 0. The van der Waals surface area contributed by atoms with E-state index < -0.39 is 0 Å². The van der Waals surface area contributed by atoms with Gasteiger partial charge in [0, 0.05) is 5.56 Å². The van der Waals surface area contributed by atoms with Gasteiger partial charge in [-0.05, 0) is 32.9 Å². The molecule has 1 aromatic carbocycles. The molecular formula is C14H18O. The Morgan fingerprint density at radius 3 is 2.53 bits per heavy atom. The van der Waals surface area contributed by atoms with Crippen molar-refractivity contribution in [3.63, 3.8) is 0 Å². The molecule has 1 aromatic rings. The van der Waals surface area contributed by atoms with Crippen molar-refractivity contribution in [2.45, 2.75) is 26.4 Å². The average molecular weight is 202 g/mol. The first-order valence-electron chi connectivity index (χ1n) is 5.13. The van der Waals surface area contributed by atoms with Crippen LogP contribution < -0.4 is 4.74 Å². The standard InChI is InChI=1S/C14H18O/c1-5-11-14(3,4)15-13-10-8-7-9-12(13)6-2/h5-11H,2H2,1,3-4H3/b11-5-. The van der Waals surface area contributed by atoms with Crippen LogP contribution >= 0.6 is 0 Å². The van der Waals surface area contributed by atoms with E-state index in [2.05, 4.69) is 6.58 Å². The number of allylic oxidation sites excluding steroid dienone is 1. The van der Waals surface area contributed by atoms with E-state index in [0.717, 1.165) is 11.3 Å². The molecule has 0 aliphatic carbocycles. The fourth-order valence-corrected chi connectivity index (χ4v) is 1.46. The van der Waals surface area contributed by atoms with Crippen molar-refractivity contribution in [2.75, 3.05) is 0 Å². The lowest BCUT2D eigenvalue weighted by atomic mass is 10.1. The monoisotopic (exact) mass is 202 g/mol. The molecule has 0 aliphatic heterocycles. The minimum Gasteiger partial charge on any atom is -0.483 e. The highest BCUT2D eigenvalue weighted by Crippen LogP contribution is 2.24. The van der Waals surface area contributed by atoms with Crippen LogP contribution in [0.5, 0.6) is 5.75 Å². The van der Waals surface area contributed by atoms with E-state index in [1.54, 1.807) is 6.08 Å². The zero-order valence-electron chi connectivity index (χ0n) is 9.66. The first-order valence-corrected chi connectivity index (χ1v) is 5.13. The van der Waals surface area contributed by atoms with Gasteiger partial charge in [0.15, 0.2) is 0 Å². The van der Waals surface area contributed by atoms with Gasteiger partial charge in [0.2, 0.25) is 0 Å². The molecular weight excluding hydrogens is 184 g/mol. The summed E-state index contributed by atoms with van der Waals surface area (Å²) in [6.07, 6.45) is 5.84. The van der Waals surface area contributed by atoms with E-state index in [1.165, 1.54) is 0 Å². The molecule has 0 saturated carbocycles. The summed E-state index contributed by atoms with van der Waals surface area (Å²) in [4.78, 5) is 0. The van der Waals surface area contributed by atoms with Gasteiger partial charge in [-0.3, -0.25) is 0 Å². The van der Waals surface area contributed by atoms with Crippen LogP contribution in [-0.2, 0) is 0 Å². The van der Waals surface area contributed by atoms with Gasteiger partial charge in [0.1, 0.15) is 11.4 Å². The molecule has 0 aliphatic rings. The molecule has 0 unspecified atom stereocenters. The van der Waals surface area contributed by atoms with E-state index in [-0.39, 0.29) is 5.60 Å². The lowest BCUT2D eigenvalue weighted by Gasteiger charge is -2.23. The Morgan fingerprint density at radius 2 is 1.93 bits per heavy atom. The summed E-state index contributed by atoms with van der Waals surface area (Å²) in [5.74, 6) is 0.871. The molecule has 0 bridgehead atoms. The van der Waals surface area contributed by atoms with Crippen LogP contribution in [0.2, 0.25) is 0 Å². The smallest absolute Gasteiger partial charge is 0.127 e. The lowest BCUT2D eigenvalue weighted by molar-refractivity contribution is 0.161. The van der Waals surface area contributed by atoms with Crippen molar-refractivity contribution >= 4 is 6.08 Å². The third kappa shape index (κ3) is 3.28. The number of ether oxygens (including phenoxy) is 1. The van der Waals surface area contributed by atoms with Crippen LogP contribution in [0.1, 0.15) is 26.3 Å². The highest BCUT2D eigenvalue weighted by Gasteiger charge is 2.16. The maximum Gasteiger partial charge on any atom is 0.127 e. The Morgan fingerprint density at radius 1 is 1.27 bits per heavy atom. The molecule has 0 fully saturated rings. The van der Waals surface area contributed by atoms with E-state index in [1.807, 2.05) is 57.2 Å². The summed E-state index contributed by atoms with van der Waals surface area (Å²) < 4.78 is 5.91. The van der Waals surface area contributed by atoms with Gasteiger partial charge < -0.3 is 4.74 Å². The van der Waals surface area contributed by atoms with Crippen LogP contribution in [0.4, 0.5) is 0 Å². The Hall–Kier alpha value is -1.50. The summed E-state index contributed by atoms with van der Waals surface area (Å²) in [5, 5.41) is 0. The van der Waals surface area contributed by atoms with Gasteiger partial charge in [0.25, 0.3) is 0 Å². The molecule has 1 rings (SSSR count). The normalized spacial score (nSPS) is 11.7.